The molecule has 0 bridgehead atoms. The van der Waals surface area contributed by atoms with Gasteiger partial charge in [-0.3, -0.25) is 4.79 Å². The predicted molar refractivity (Wildman–Crippen MR) is 111 cm³/mol. The molecule has 0 radical (unpaired) electrons. The lowest BCUT2D eigenvalue weighted by molar-refractivity contribution is -0.113. The van der Waals surface area contributed by atoms with Crippen molar-refractivity contribution < 1.29 is 4.79 Å². The molecule has 0 atom stereocenters. The lowest BCUT2D eigenvalue weighted by Crippen LogP contribution is -2.31. The molecule has 2 aromatic carbocycles. The number of nitrogens with zero attached hydrogens (tertiary/aromatic N) is 1. The van der Waals surface area contributed by atoms with Gasteiger partial charge >= 0.3 is 0 Å². The summed E-state index contributed by atoms with van der Waals surface area (Å²) in [5, 5.41) is 3.09. The van der Waals surface area contributed by atoms with E-state index in [0.717, 1.165) is 37.2 Å². The van der Waals surface area contributed by atoms with Gasteiger partial charge in [-0.05, 0) is 61.4 Å². The molecule has 1 aliphatic carbocycles. The number of hydrogen-bond donors (Lipinski definition) is 1. The maximum Gasteiger partial charge on any atom is 0.253 e. The Kier molecular flexibility index (Phi) is 5.38. The van der Waals surface area contributed by atoms with Crippen LogP contribution in [0, 0.1) is 0 Å². The van der Waals surface area contributed by atoms with E-state index in [9.17, 15) is 4.79 Å². The van der Waals surface area contributed by atoms with Crippen LogP contribution in [-0.4, -0.2) is 23.9 Å². The number of para-hydroxylation sites is 1. The molecule has 3 nitrogen and oxygen atoms in total. The molecule has 0 aromatic heterocycles. The normalized spacial score (nSPS) is 18.8. The fourth-order valence-electron chi connectivity index (χ4n) is 4.04. The Morgan fingerprint density at radius 2 is 1.52 bits per heavy atom. The highest BCUT2D eigenvalue weighted by atomic mass is 16.1. The highest BCUT2D eigenvalue weighted by Gasteiger charge is 2.29. The summed E-state index contributed by atoms with van der Waals surface area (Å²) in [4.78, 5) is 15.5. The summed E-state index contributed by atoms with van der Waals surface area (Å²) in [5.41, 5.74) is 5.46. The number of anilines is 1. The Morgan fingerprint density at radius 3 is 2.22 bits per heavy atom. The van der Waals surface area contributed by atoms with Crippen molar-refractivity contribution >= 4 is 17.7 Å². The number of hydrogen-bond acceptors (Lipinski definition) is 2. The third kappa shape index (κ3) is 4.13. The highest BCUT2D eigenvalue weighted by Crippen LogP contribution is 2.37. The van der Waals surface area contributed by atoms with Crippen molar-refractivity contribution in [2.45, 2.75) is 32.1 Å². The van der Waals surface area contributed by atoms with Gasteiger partial charge in [0, 0.05) is 30.0 Å². The van der Waals surface area contributed by atoms with E-state index in [1.807, 2.05) is 36.4 Å². The maximum atomic E-state index is 13.0. The van der Waals surface area contributed by atoms with Gasteiger partial charge in [-0.25, -0.2) is 0 Å². The molecule has 1 fully saturated rings. The number of amides is 1. The molecule has 2 aromatic rings. The quantitative estimate of drug-likeness (QED) is 0.810. The number of piperidine rings is 1. The first-order valence-electron chi connectivity index (χ1n) is 9.92. The smallest absolute Gasteiger partial charge is 0.253 e. The van der Waals surface area contributed by atoms with Crippen molar-refractivity contribution in [2.24, 2.45) is 0 Å². The molecular weight excluding hydrogens is 332 g/mol. The van der Waals surface area contributed by atoms with Crippen LogP contribution in [0.15, 0.2) is 77.5 Å². The van der Waals surface area contributed by atoms with Gasteiger partial charge in [0.1, 0.15) is 0 Å². The van der Waals surface area contributed by atoms with Crippen molar-refractivity contribution in [1.29, 1.82) is 0 Å². The molecule has 0 unspecified atom stereocenters. The summed E-state index contributed by atoms with van der Waals surface area (Å²) in [7, 11) is 0. The molecular formula is C24H26N2O. The monoisotopic (exact) mass is 358 g/mol. The molecule has 4 rings (SSSR count). The number of likely N-dealkylation sites (tertiary alicyclic amines) is 1. The molecule has 1 amide bonds. The van der Waals surface area contributed by atoms with E-state index in [4.69, 9.17) is 0 Å². The summed E-state index contributed by atoms with van der Waals surface area (Å²) in [5.74, 6) is 0.0400. The minimum atomic E-state index is 0.0400. The van der Waals surface area contributed by atoms with Crippen LogP contribution in [-0.2, 0) is 4.79 Å². The van der Waals surface area contributed by atoms with Crippen molar-refractivity contribution in [3.63, 3.8) is 0 Å². The van der Waals surface area contributed by atoms with Crippen LogP contribution in [0.2, 0.25) is 0 Å². The van der Waals surface area contributed by atoms with E-state index >= 15 is 0 Å². The van der Waals surface area contributed by atoms with E-state index in [-0.39, 0.29) is 5.91 Å². The van der Waals surface area contributed by atoms with Crippen LogP contribution < -0.4 is 5.32 Å². The summed E-state index contributed by atoms with van der Waals surface area (Å²) >= 11 is 0. The first-order valence-corrected chi connectivity index (χ1v) is 9.92. The molecule has 1 saturated heterocycles. The second-order valence-corrected chi connectivity index (χ2v) is 7.28. The minimum Gasteiger partial charge on any atom is -0.371 e. The first-order chi connectivity index (χ1) is 13.3. The van der Waals surface area contributed by atoms with Crippen molar-refractivity contribution in [3.05, 3.63) is 83.1 Å². The third-order valence-corrected chi connectivity index (χ3v) is 5.35. The van der Waals surface area contributed by atoms with Crippen LogP contribution >= 0.6 is 0 Å². The van der Waals surface area contributed by atoms with Crippen LogP contribution in [0.4, 0.5) is 5.69 Å². The summed E-state index contributed by atoms with van der Waals surface area (Å²) in [6.07, 6.45) is 7.69. The van der Waals surface area contributed by atoms with Crippen LogP contribution in [0.5, 0.6) is 0 Å². The Balaban J connectivity index is 1.67. The molecule has 1 N–H and O–H groups in total. The third-order valence-electron chi connectivity index (χ3n) is 5.35. The number of allylic oxidation sites excluding steroid dienone is 1. The molecule has 138 valence electrons. The average Bonchev–Trinajstić information content (AvgIpc) is 3.14. The Morgan fingerprint density at radius 1 is 0.852 bits per heavy atom. The largest absolute Gasteiger partial charge is 0.371 e. The number of benzene rings is 2. The van der Waals surface area contributed by atoms with E-state index in [1.54, 1.807) is 0 Å². The Bertz CT molecular complexity index is 846. The van der Waals surface area contributed by atoms with E-state index in [1.165, 1.54) is 36.1 Å². The Labute approximate surface area is 161 Å². The van der Waals surface area contributed by atoms with Crippen LogP contribution in [0.1, 0.15) is 37.7 Å². The van der Waals surface area contributed by atoms with E-state index < -0.39 is 0 Å². The van der Waals surface area contributed by atoms with E-state index in [2.05, 4.69) is 40.6 Å². The zero-order valence-electron chi connectivity index (χ0n) is 15.7. The summed E-state index contributed by atoms with van der Waals surface area (Å²) in [6.45, 7) is 2.09. The zero-order chi connectivity index (χ0) is 18.5. The van der Waals surface area contributed by atoms with Gasteiger partial charge < -0.3 is 10.2 Å². The second-order valence-electron chi connectivity index (χ2n) is 7.28. The first kappa shape index (κ1) is 17.6. The van der Waals surface area contributed by atoms with Gasteiger partial charge in [0.15, 0.2) is 0 Å². The lowest BCUT2D eigenvalue weighted by atomic mass is 10.0. The molecule has 27 heavy (non-hydrogen) atoms. The standard InChI is InChI=1S/C24H26N2O/c27-24(25-21-12-6-2-7-13-21)22-15-14-20(18-19-10-4-1-5-11-19)23(22)26-16-8-3-9-17-26/h1-2,4-7,10-13,18H,3,8-9,14-17H2,(H,25,27)/b20-18-. The molecule has 2 aliphatic rings. The molecule has 1 aliphatic heterocycles. The summed E-state index contributed by atoms with van der Waals surface area (Å²) in [6, 6.07) is 20.2. The SMILES string of the molecule is O=C(Nc1ccccc1)C1=C(N2CCCCC2)/C(=C\c2ccccc2)CC1. The van der Waals surface area contributed by atoms with Crippen molar-refractivity contribution in [3.8, 4) is 0 Å². The second kappa shape index (κ2) is 8.26. The number of carbonyl (C=O) groups is 1. The Hall–Kier alpha value is -2.81. The van der Waals surface area contributed by atoms with Crippen molar-refractivity contribution in [2.75, 3.05) is 18.4 Å². The maximum absolute atomic E-state index is 13.0. The van der Waals surface area contributed by atoms with Gasteiger partial charge in [0.05, 0.1) is 0 Å². The topological polar surface area (TPSA) is 32.3 Å². The van der Waals surface area contributed by atoms with Crippen LogP contribution in [0.25, 0.3) is 6.08 Å². The highest BCUT2D eigenvalue weighted by molar-refractivity contribution is 6.05. The average molecular weight is 358 g/mol. The minimum absolute atomic E-state index is 0.0400. The van der Waals surface area contributed by atoms with Gasteiger partial charge in [-0.1, -0.05) is 48.5 Å². The molecule has 3 heteroatoms. The van der Waals surface area contributed by atoms with Gasteiger partial charge in [0.25, 0.3) is 5.91 Å². The molecule has 0 saturated carbocycles. The lowest BCUT2D eigenvalue weighted by Gasteiger charge is -2.31. The van der Waals surface area contributed by atoms with Gasteiger partial charge in [-0.2, -0.15) is 0 Å². The fourth-order valence-corrected chi connectivity index (χ4v) is 4.04. The number of rotatable bonds is 4. The van der Waals surface area contributed by atoms with Crippen LogP contribution in [0.3, 0.4) is 0 Å². The predicted octanol–water partition coefficient (Wildman–Crippen LogP) is 5.24. The number of nitrogens with one attached hydrogen (secondary N) is 1. The summed E-state index contributed by atoms with van der Waals surface area (Å²) < 4.78 is 0. The van der Waals surface area contributed by atoms with Crippen molar-refractivity contribution in [1.82, 2.24) is 4.90 Å². The molecule has 1 heterocycles. The van der Waals surface area contributed by atoms with Gasteiger partial charge in [0.2, 0.25) is 0 Å². The fraction of sp³-hybridized carbons (Fsp3) is 0.292. The zero-order valence-corrected chi connectivity index (χ0v) is 15.7. The van der Waals surface area contributed by atoms with Gasteiger partial charge in [-0.15, -0.1) is 0 Å². The number of carbonyl (C=O) groups excluding carboxylic acids is 1. The van der Waals surface area contributed by atoms with E-state index in [0.29, 0.717) is 0 Å². The molecule has 0 spiro atoms.